The molecule has 0 saturated heterocycles. The van der Waals surface area contributed by atoms with E-state index in [9.17, 15) is 0 Å². The van der Waals surface area contributed by atoms with Crippen molar-refractivity contribution in [3.8, 4) is 0 Å². The van der Waals surface area contributed by atoms with Crippen LogP contribution in [0.2, 0.25) is 0 Å². The van der Waals surface area contributed by atoms with Gasteiger partial charge in [-0.05, 0) is 30.8 Å². The lowest BCUT2D eigenvalue weighted by Gasteiger charge is -2.22. The van der Waals surface area contributed by atoms with Crippen molar-refractivity contribution in [1.82, 2.24) is 14.3 Å². The number of rotatable bonds is 5. The van der Waals surface area contributed by atoms with Gasteiger partial charge < -0.3 is 10.4 Å². The van der Waals surface area contributed by atoms with Crippen LogP contribution in [-0.2, 0) is 0 Å². The van der Waals surface area contributed by atoms with Gasteiger partial charge >= 0.3 is 0 Å². The summed E-state index contributed by atoms with van der Waals surface area (Å²) in [6, 6.07) is 0.201. The highest BCUT2D eigenvalue weighted by atomic mass is 32.1. The van der Waals surface area contributed by atoms with Crippen LogP contribution in [0.3, 0.4) is 0 Å². The number of fused-ring (bicyclic) bond motifs is 1. The second kappa shape index (κ2) is 5.58. The van der Waals surface area contributed by atoms with Gasteiger partial charge in [-0.2, -0.15) is 4.37 Å². The molecule has 0 bridgehead atoms. The molecule has 2 heterocycles. The molecule has 2 N–H and O–H groups in total. The van der Waals surface area contributed by atoms with Crippen LogP contribution < -0.4 is 5.32 Å². The molecule has 0 spiro atoms. The Bertz CT molecular complexity index is 526. The van der Waals surface area contributed by atoms with Gasteiger partial charge in [-0.15, -0.1) is 0 Å². The molecule has 0 aliphatic carbocycles. The molecule has 5 nitrogen and oxygen atoms in total. The van der Waals surface area contributed by atoms with Crippen molar-refractivity contribution in [1.29, 1.82) is 0 Å². The number of nitrogens with zero attached hydrogens (tertiary/aromatic N) is 3. The molecule has 0 fully saturated rings. The molecule has 2 aromatic rings. The number of nitrogens with one attached hydrogen (secondary N) is 1. The van der Waals surface area contributed by atoms with E-state index in [1.165, 1.54) is 11.5 Å². The lowest BCUT2D eigenvalue weighted by Crippen LogP contribution is -2.27. The third-order valence-corrected chi connectivity index (χ3v) is 3.86. The molecule has 1 unspecified atom stereocenters. The van der Waals surface area contributed by atoms with Crippen molar-refractivity contribution in [2.24, 2.45) is 5.92 Å². The summed E-state index contributed by atoms with van der Waals surface area (Å²) in [4.78, 5) is 9.42. The molecule has 0 amide bonds. The predicted octanol–water partition coefficient (Wildman–Crippen LogP) is 2.21. The zero-order valence-electron chi connectivity index (χ0n) is 10.8. The van der Waals surface area contributed by atoms with E-state index < -0.39 is 0 Å². The molecule has 98 valence electrons. The molecule has 18 heavy (non-hydrogen) atoms. The Kier molecular flexibility index (Phi) is 4.08. The molecule has 0 radical (unpaired) electrons. The third kappa shape index (κ3) is 2.59. The summed E-state index contributed by atoms with van der Waals surface area (Å²) >= 11 is 1.39. The van der Waals surface area contributed by atoms with Crippen molar-refractivity contribution in [3.05, 3.63) is 12.0 Å². The van der Waals surface area contributed by atoms with Crippen LogP contribution in [0.15, 0.2) is 6.33 Å². The zero-order valence-corrected chi connectivity index (χ0v) is 11.7. The van der Waals surface area contributed by atoms with Crippen molar-refractivity contribution >= 4 is 27.6 Å². The highest BCUT2D eigenvalue weighted by Crippen LogP contribution is 2.27. The topological polar surface area (TPSA) is 70.9 Å². The summed E-state index contributed by atoms with van der Waals surface area (Å²) in [5.74, 6) is 1.24. The fourth-order valence-electron chi connectivity index (χ4n) is 1.92. The normalized spacial score (nSPS) is 13.2. The minimum atomic E-state index is 0.172. The largest absolute Gasteiger partial charge is 0.396 e. The van der Waals surface area contributed by atoms with E-state index in [1.807, 2.05) is 6.92 Å². The van der Waals surface area contributed by atoms with E-state index in [2.05, 4.69) is 33.5 Å². The Morgan fingerprint density at radius 1 is 1.39 bits per heavy atom. The van der Waals surface area contributed by atoms with Crippen molar-refractivity contribution in [3.63, 3.8) is 0 Å². The summed E-state index contributed by atoms with van der Waals surface area (Å²) in [6.45, 7) is 6.39. The Balaban J connectivity index is 2.32. The van der Waals surface area contributed by atoms with Gasteiger partial charge in [0.1, 0.15) is 17.0 Å². The van der Waals surface area contributed by atoms with Crippen molar-refractivity contribution in [2.45, 2.75) is 33.2 Å². The van der Waals surface area contributed by atoms with Crippen molar-refractivity contribution < 1.29 is 5.11 Å². The molecule has 1 atom stereocenters. The summed E-state index contributed by atoms with van der Waals surface area (Å²) in [5.41, 5.74) is 0.949. The van der Waals surface area contributed by atoms with Gasteiger partial charge in [-0.3, -0.25) is 0 Å². The first-order valence-electron chi connectivity index (χ1n) is 6.08. The van der Waals surface area contributed by atoms with Crippen LogP contribution in [0.5, 0.6) is 0 Å². The van der Waals surface area contributed by atoms with E-state index in [-0.39, 0.29) is 12.6 Å². The Morgan fingerprint density at radius 3 is 2.83 bits per heavy atom. The number of hydrogen-bond donors (Lipinski definition) is 2. The maximum atomic E-state index is 9.11. The minimum Gasteiger partial charge on any atom is -0.396 e. The van der Waals surface area contributed by atoms with Gasteiger partial charge in [0.15, 0.2) is 0 Å². The maximum Gasteiger partial charge on any atom is 0.149 e. The van der Waals surface area contributed by atoms with Gasteiger partial charge in [0.2, 0.25) is 0 Å². The molecule has 6 heteroatoms. The van der Waals surface area contributed by atoms with Crippen LogP contribution in [-0.4, -0.2) is 32.1 Å². The number of hydrogen-bond acceptors (Lipinski definition) is 6. The fraction of sp³-hybridized carbons (Fsp3) is 0.583. The lowest BCUT2D eigenvalue weighted by molar-refractivity contribution is 0.267. The summed E-state index contributed by atoms with van der Waals surface area (Å²) in [6.07, 6.45) is 2.26. The summed E-state index contributed by atoms with van der Waals surface area (Å²) < 4.78 is 4.30. The highest BCUT2D eigenvalue weighted by molar-refractivity contribution is 7.13. The summed E-state index contributed by atoms with van der Waals surface area (Å²) in [7, 11) is 0. The fourth-order valence-corrected chi connectivity index (χ4v) is 2.66. The zero-order chi connectivity index (χ0) is 13.1. The van der Waals surface area contributed by atoms with E-state index in [0.717, 1.165) is 21.7 Å². The van der Waals surface area contributed by atoms with Gasteiger partial charge in [0.25, 0.3) is 0 Å². The maximum absolute atomic E-state index is 9.11. The first kappa shape index (κ1) is 13.2. The average Bonchev–Trinajstić information content (AvgIpc) is 2.71. The standard InChI is InChI=1S/C12H18N4OS/c1-7(2)9(4-5-17)15-11-10-8(3)16-18-12(10)14-6-13-11/h6-7,9,17H,4-5H2,1-3H3,(H,13,14,15). The molecule has 0 aromatic carbocycles. The summed E-state index contributed by atoms with van der Waals surface area (Å²) in [5, 5.41) is 13.5. The third-order valence-electron chi connectivity index (χ3n) is 3.01. The van der Waals surface area contributed by atoms with Gasteiger partial charge in [-0.25, -0.2) is 9.97 Å². The minimum absolute atomic E-state index is 0.172. The molecule has 0 aliphatic heterocycles. The van der Waals surface area contributed by atoms with Crippen LogP contribution in [0.1, 0.15) is 26.0 Å². The smallest absolute Gasteiger partial charge is 0.149 e. The number of aryl methyl sites for hydroxylation is 1. The molecule has 2 aromatic heterocycles. The van der Waals surface area contributed by atoms with Gasteiger partial charge in [0.05, 0.1) is 11.1 Å². The Labute approximate surface area is 110 Å². The van der Waals surface area contributed by atoms with Crippen LogP contribution in [0.25, 0.3) is 10.2 Å². The average molecular weight is 266 g/mol. The van der Waals surface area contributed by atoms with Gasteiger partial charge in [-0.1, -0.05) is 13.8 Å². The quantitative estimate of drug-likeness (QED) is 0.868. The van der Waals surface area contributed by atoms with E-state index in [1.54, 1.807) is 6.33 Å². The van der Waals surface area contributed by atoms with Crippen LogP contribution in [0, 0.1) is 12.8 Å². The number of aliphatic hydroxyl groups excluding tert-OH is 1. The van der Waals surface area contributed by atoms with Crippen molar-refractivity contribution in [2.75, 3.05) is 11.9 Å². The molecule has 2 rings (SSSR count). The van der Waals surface area contributed by atoms with E-state index in [4.69, 9.17) is 5.11 Å². The highest BCUT2D eigenvalue weighted by Gasteiger charge is 2.16. The molecule has 0 aliphatic rings. The molecular formula is C12H18N4OS. The van der Waals surface area contributed by atoms with E-state index in [0.29, 0.717) is 12.3 Å². The number of anilines is 1. The number of aromatic nitrogens is 3. The monoisotopic (exact) mass is 266 g/mol. The Morgan fingerprint density at radius 2 is 2.17 bits per heavy atom. The molecule has 0 saturated carbocycles. The van der Waals surface area contributed by atoms with Gasteiger partial charge in [0, 0.05) is 12.6 Å². The van der Waals surface area contributed by atoms with Crippen LogP contribution in [0.4, 0.5) is 5.82 Å². The predicted molar refractivity (Wildman–Crippen MR) is 73.9 cm³/mol. The van der Waals surface area contributed by atoms with E-state index >= 15 is 0 Å². The second-order valence-corrected chi connectivity index (χ2v) is 5.43. The SMILES string of the molecule is Cc1nsc2ncnc(NC(CCO)C(C)C)c12. The second-order valence-electron chi connectivity index (χ2n) is 4.68. The molecular weight excluding hydrogens is 248 g/mol. The lowest BCUT2D eigenvalue weighted by atomic mass is 10.0. The Hall–Kier alpha value is -1.27. The first-order valence-corrected chi connectivity index (χ1v) is 6.85. The first-order chi connectivity index (χ1) is 8.63. The van der Waals surface area contributed by atoms with Crippen LogP contribution >= 0.6 is 11.5 Å². The number of aliphatic hydroxyl groups is 1.